The molecule has 1 heterocycles. The zero-order valence-corrected chi connectivity index (χ0v) is 14.7. The minimum atomic E-state index is -0.137. The maximum Gasteiger partial charge on any atom is 0.253 e. The van der Waals surface area contributed by atoms with E-state index >= 15 is 0 Å². The Bertz CT molecular complexity index is 807. The number of amides is 1. The summed E-state index contributed by atoms with van der Waals surface area (Å²) in [4.78, 5) is 16.7. The van der Waals surface area contributed by atoms with Crippen LogP contribution < -0.4 is 0 Å². The van der Waals surface area contributed by atoms with E-state index < -0.39 is 0 Å². The third kappa shape index (κ3) is 4.47. The number of hydrogen-bond donors (Lipinski definition) is 0. The van der Waals surface area contributed by atoms with Crippen molar-refractivity contribution in [3.8, 4) is 6.07 Å². The molecule has 1 amide bonds. The molecule has 1 saturated heterocycles. The SMILES string of the molecule is N#Cc1cccc(C(=O)N2CCN(CCCc3ccccc3F)CC2)c1. The van der Waals surface area contributed by atoms with Crippen LogP contribution in [-0.4, -0.2) is 48.4 Å². The topological polar surface area (TPSA) is 47.3 Å². The molecule has 26 heavy (non-hydrogen) atoms. The molecule has 0 unspecified atom stereocenters. The zero-order chi connectivity index (χ0) is 18.4. The van der Waals surface area contributed by atoms with Crippen LogP contribution in [0.1, 0.15) is 27.9 Å². The van der Waals surface area contributed by atoms with Gasteiger partial charge < -0.3 is 4.90 Å². The van der Waals surface area contributed by atoms with E-state index in [4.69, 9.17) is 5.26 Å². The number of hydrogen-bond acceptors (Lipinski definition) is 3. The maximum absolute atomic E-state index is 13.6. The van der Waals surface area contributed by atoms with Crippen LogP contribution in [0.5, 0.6) is 0 Å². The number of carbonyl (C=O) groups is 1. The molecule has 5 heteroatoms. The summed E-state index contributed by atoms with van der Waals surface area (Å²) in [6, 6.07) is 15.8. The van der Waals surface area contributed by atoms with Gasteiger partial charge in [0, 0.05) is 31.7 Å². The molecule has 0 N–H and O–H groups in total. The van der Waals surface area contributed by atoms with Crippen molar-refractivity contribution in [1.82, 2.24) is 9.80 Å². The molecule has 2 aromatic rings. The lowest BCUT2D eigenvalue weighted by Gasteiger charge is -2.34. The molecule has 4 nitrogen and oxygen atoms in total. The van der Waals surface area contributed by atoms with Crippen molar-refractivity contribution in [2.75, 3.05) is 32.7 Å². The van der Waals surface area contributed by atoms with Crippen LogP contribution in [0.25, 0.3) is 0 Å². The Balaban J connectivity index is 1.46. The molecule has 0 aromatic heterocycles. The van der Waals surface area contributed by atoms with Gasteiger partial charge in [-0.05, 0) is 49.2 Å². The highest BCUT2D eigenvalue weighted by atomic mass is 19.1. The highest BCUT2D eigenvalue weighted by molar-refractivity contribution is 5.94. The van der Waals surface area contributed by atoms with E-state index in [0.29, 0.717) is 24.2 Å². The number of nitrogens with zero attached hydrogens (tertiary/aromatic N) is 3. The maximum atomic E-state index is 13.6. The fourth-order valence-corrected chi connectivity index (χ4v) is 3.27. The van der Waals surface area contributed by atoms with Crippen LogP contribution in [-0.2, 0) is 6.42 Å². The van der Waals surface area contributed by atoms with Crippen LogP contribution in [0, 0.1) is 17.1 Å². The number of rotatable bonds is 5. The second kappa shape index (κ2) is 8.59. The van der Waals surface area contributed by atoms with Gasteiger partial charge in [0.05, 0.1) is 11.6 Å². The van der Waals surface area contributed by atoms with Gasteiger partial charge >= 0.3 is 0 Å². The highest BCUT2D eigenvalue weighted by Crippen LogP contribution is 2.13. The predicted octanol–water partition coefficient (Wildman–Crippen LogP) is 3.09. The van der Waals surface area contributed by atoms with Gasteiger partial charge in [-0.1, -0.05) is 24.3 Å². The second-order valence-corrected chi connectivity index (χ2v) is 6.52. The highest BCUT2D eigenvalue weighted by Gasteiger charge is 2.22. The van der Waals surface area contributed by atoms with Crippen LogP contribution in [0.15, 0.2) is 48.5 Å². The van der Waals surface area contributed by atoms with Crippen LogP contribution in [0.3, 0.4) is 0 Å². The summed E-state index contributed by atoms with van der Waals surface area (Å²) >= 11 is 0. The Morgan fingerprint density at radius 2 is 1.85 bits per heavy atom. The van der Waals surface area contributed by atoms with E-state index in [2.05, 4.69) is 11.0 Å². The molecule has 3 rings (SSSR count). The Labute approximate surface area is 153 Å². The van der Waals surface area contributed by atoms with E-state index in [-0.39, 0.29) is 11.7 Å². The Kier molecular flexibility index (Phi) is 5.98. The van der Waals surface area contributed by atoms with Gasteiger partial charge in [-0.25, -0.2) is 4.39 Å². The first kappa shape index (κ1) is 18.1. The summed E-state index contributed by atoms with van der Waals surface area (Å²) in [7, 11) is 0. The Hall–Kier alpha value is -2.71. The molecule has 0 spiro atoms. The molecule has 0 bridgehead atoms. The van der Waals surface area contributed by atoms with Crippen LogP contribution in [0.4, 0.5) is 4.39 Å². The Morgan fingerprint density at radius 3 is 2.58 bits per heavy atom. The average Bonchev–Trinajstić information content (AvgIpc) is 2.69. The molecule has 0 radical (unpaired) electrons. The molecule has 2 aromatic carbocycles. The molecule has 1 aliphatic heterocycles. The molecule has 0 atom stereocenters. The van der Waals surface area contributed by atoms with Crippen molar-refractivity contribution in [2.45, 2.75) is 12.8 Å². The standard InChI is InChI=1S/C21H22FN3O/c22-20-9-2-1-6-18(20)8-4-10-24-11-13-25(14-12-24)21(26)19-7-3-5-17(15-19)16-23/h1-3,5-7,9,15H,4,8,10-14H2. The van der Waals surface area contributed by atoms with Gasteiger partial charge in [0.2, 0.25) is 0 Å². The molecule has 1 aliphatic rings. The van der Waals surface area contributed by atoms with Crippen molar-refractivity contribution < 1.29 is 9.18 Å². The first-order valence-electron chi connectivity index (χ1n) is 8.92. The predicted molar refractivity (Wildman–Crippen MR) is 98.2 cm³/mol. The third-order valence-electron chi connectivity index (χ3n) is 4.78. The van der Waals surface area contributed by atoms with Crippen LogP contribution in [0.2, 0.25) is 0 Å². The normalized spacial score (nSPS) is 14.8. The molecule has 0 saturated carbocycles. The van der Waals surface area contributed by atoms with Crippen molar-refractivity contribution >= 4 is 5.91 Å². The Morgan fingerprint density at radius 1 is 1.08 bits per heavy atom. The van der Waals surface area contributed by atoms with E-state index in [9.17, 15) is 9.18 Å². The van der Waals surface area contributed by atoms with Gasteiger partial charge in [0.25, 0.3) is 5.91 Å². The lowest BCUT2D eigenvalue weighted by molar-refractivity contribution is 0.0636. The minimum absolute atomic E-state index is 0.0203. The number of nitriles is 1. The summed E-state index contributed by atoms with van der Waals surface area (Å²) in [5.41, 5.74) is 1.83. The van der Waals surface area contributed by atoms with Crippen molar-refractivity contribution in [3.05, 3.63) is 71.0 Å². The number of halogens is 1. The van der Waals surface area contributed by atoms with Gasteiger partial charge in [-0.3, -0.25) is 9.69 Å². The van der Waals surface area contributed by atoms with Gasteiger partial charge in [0.1, 0.15) is 5.82 Å². The summed E-state index contributed by atoms with van der Waals surface area (Å²) in [5.74, 6) is -0.157. The zero-order valence-electron chi connectivity index (χ0n) is 14.7. The van der Waals surface area contributed by atoms with Gasteiger partial charge in [-0.2, -0.15) is 5.26 Å². The first-order chi connectivity index (χ1) is 12.7. The molecule has 0 aliphatic carbocycles. The van der Waals surface area contributed by atoms with E-state index in [1.54, 1.807) is 30.3 Å². The minimum Gasteiger partial charge on any atom is -0.336 e. The number of carbonyl (C=O) groups excluding carboxylic acids is 1. The number of aryl methyl sites for hydroxylation is 1. The van der Waals surface area contributed by atoms with E-state index in [1.165, 1.54) is 6.07 Å². The lowest BCUT2D eigenvalue weighted by atomic mass is 10.1. The summed E-state index contributed by atoms with van der Waals surface area (Å²) < 4.78 is 13.6. The van der Waals surface area contributed by atoms with Crippen molar-refractivity contribution in [1.29, 1.82) is 5.26 Å². The number of piperazine rings is 1. The van der Waals surface area contributed by atoms with Crippen molar-refractivity contribution in [3.63, 3.8) is 0 Å². The fraction of sp³-hybridized carbons (Fsp3) is 0.333. The van der Waals surface area contributed by atoms with Gasteiger partial charge in [-0.15, -0.1) is 0 Å². The molecular weight excluding hydrogens is 329 g/mol. The summed E-state index contributed by atoms with van der Waals surface area (Å²) in [6.45, 7) is 3.90. The molecular formula is C21H22FN3O. The van der Waals surface area contributed by atoms with Gasteiger partial charge in [0.15, 0.2) is 0 Å². The van der Waals surface area contributed by atoms with E-state index in [1.807, 2.05) is 17.0 Å². The second-order valence-electron chi connectivity index (χ2n) is 6.52. The van der Waals surface area contributed by atoms with Crippen LogP contribution >= 0.6 is 0 Å². The molecule has 1 fully saturated rings. The summed E-state index contributed by atoms with van der Waals surface area (Å²) in [5, 5.41) is 8.97. The summed E-state index contributed by atoms with van der Waals surface area (Å²) in [6.07, 6.45) is 1.63. The molecule has 134 valence electrons. The first-order valence-corrected chi connectivity index (χ1v) is 8.92. The third-order valence-corrected chi connectivity index (χ3v) is 4.78. The monoisotopic (exact) mass is 351 g/mol. The smallest absolute Gasteiger partial charge is 0.253 e. The quantitative estimate of drug-likeness (QED) is 0.832. The number of benzene rings is 2. The van der Waals surface area contributed by atoms with E-state index in [0.717, 1.165) is 38.0 Å². The fourth-order valence-electron chi connectivity index (χ4n) is 3.27. The van der Waals surface area contributed by atoms with Crippen molar-refractivity contribution in [2.24, 2.45) is 0 Å². The largest absolute Gasteiger partial charge is 0.336 e. The average molecular weight is 351 g/mol. The lowest BCUT2D eigenvalue weighted by Crippen LogP contribution is -2.48.